The van der Waals surface area contributed by atoms with Gasteiger partial charge in [0, 0.05) is 45.3 Å². The van der Waals surface area contributed by atoms with Gasteiger partial charge in [0.1, 0.15) is 11.9 Å². The van der Waals surface area contributed by atoms with Crippen LogP contribution >= 0.6 is 0 Å². The number of aromatic nitrogens is 5. The maximum atomic E-state index is 5.44. The van der Waals surface area contributed by atoms with Crippen molar-refractivity contribution in [1.82, 2.24) is 30.5 Å². The summed E-state index contributed by atoms with van der Waals surface area (Å²) in [7, 11) is 0. The topological polar surface area (TPSA) is 95.4 Å². The summed E-state index contributed by atoms with van der Waals surface area (Å²) >= 11 is 0. The van der Waals surface area contributed by atoms with E-state index in [0.29, 0.717) is 5.82 Å². The van der Waals surface area contributed by atoms with Crippen LogP contribution in [0.2, 0.25) is 0 Å². The van der Waals surface area contributed by atoms with Gasteiger partial charge in [-0.25, -0.2) is 4.98 Å². The van der Waals surface area contributed by atoms with E-state index in [1.807, 2.05) is 19.1 Å². The van der Waals surface area contributed by atoms with Crippen molar-refractivity contribution in [3.63, 3.8) is 0 Å². The number of piperazine rings is 1. The lowest BCUT2D eigenvalue weighted by Crippen LogP contribution is -2.49. The average molecular weight is 328 g/mol. The Kier molecular flexibility index (Phi) is 4.08. The van der Waals surface area contributed by atoms with Crippen LogP contribution in [0.4, 0.5) is 5.82 Å². The van der Waals surface area contributed by atoms with Crippen LogP contribution in [0.25, 0.3) is 11.4 Å². The first kappa shape index (κ1) is 15.0. The highest BCUT2D eigenvalue weighted by molar-refractivity contribution is 5.82. The summed E-state index contributed by atoms with van der Waals surface area (Å²) in [4.78, 5) is 14.7. The highest BCUT2D eigenvalue weighted by Crippen LogP contribution is 2.26. The SMILES string of the molecule is CC1=NOC(CN2CCN(c3ncccc3-c3nn[nH]n3)CC2)C1. The van der Waals surface area contributed by atoms with Gasteiger partial charge in [0.25, 0.3) is 0 Å². The summed E-state index contributed by atoms with van der Waals surface area (Å²) in [5, 5.41) is 18.3. The Morgan fingerprint density at radius 1 is 1.29 bits per heavy atom. The maximum Gasteiger partial charge on any atom is 0.208 e. The number of anilines is 1. The lowest BCUT2D eigenvalue weighted by Gasteiger charge is -2.36. The van der Waals surface area contributed by atoms with E-state index < -0.39 is 0 Å². The number of nitrogens with zero attached hydrogens (tertiary/aromatic N) is 7. The maximum absolute atomic E-state index is 5.44. The average Bonchev–Trinajstić information content (AvgIpc) is 3.28. The molecule has 0 aliphatic carbocycles. The van der Waals surface area contributed by atoms with E-state index >= 15 is 0 Å². The van der Waals surface area contributed by atoms with E-state index in [1.165, 1.54) is 0 Å². The smallest absolute Gasteiger partial charge is 0.208 e. The van der Waals surface area contributed by atoms with Gasteiger partial charge in [-0.15, -0.1) is 10.2 Å². The molecule has 2 aromatic rings. The molecular formula is C15H20N8O. The molecule has 0 amide bonds. The fraction of sp³-hybridized carbons (Fsp3) is 0.533. The number of oxime groups is 1. The number of tetrazole rings is 1. The summed E-state index contributed by atoms with van der Waals surface area (Å²) in [5.74, 6) is 1.49. The zero-order chi connectivity index (χ0) is 16.4. The Balaban J connectivity index is 1.40. The van der Waals surface area contributed by atoms with Gasteiger partial charge in [0.2, 0.25) is 5.82 Å². The summed E-state index contributed by atoms with van der Waals surface area (Å²) in [6.45, 7) is 6.71. The molecule has 24 heavy (non-hydrogen) atoms. The van der Waals surface area contributed by atoms with E-state index in [1.54, 1.807) is 6.20 Å². The number of pyridine rings is 1. The van der Waals surface area contributed by atoms with Crippen LogP contribution in [0.1, 0.15) is 13.3 Å². The first-order valence-electron chi connectivity index (χ1n) is 8.15. The first-order chi connectivity index (χ1) is 11.8. The van der Waals surface area contributed by atoms with E-state index in [0.717, 1.165) is 56.2 Å². The molecule has 0 radical (unpaired) electrons. The molecule has 9 heteroatoms. The van der Waals surface area contributed by atoms with Crippen LogP contribution < -0.4 is 4.90 Å². The standard InChI is InChI=1S/C15H20N8O/c1-11-9-12(24-19-11)10-22-5-7-23(8-6-22)15-13(3-2-4-16-15)14-17-20-21-18-14/h2-4,12H,5-10H2,1H3,(H,17,18,20,21). The monoisotopic (exact) mass is 328 g/mol. The number of H-pyrrole nitrogens is 1. The molecule has 1 N–H and O–H groups in total. The number of nitrogens with one attached hydrogen (secondary N) is 1. The summed E-state index contributed by atoms with van der Waals surface area (Å²) in [6, 6.07) is 3.87. The third-order valence-corrected chi connectivity index (χ3v) is 4.39. The molecule has 1 atom stereocenters. The van der Waals surface area contributed by atoms with Gasteiger partial charge >= 0.3 is 0 Å². The fourth-order valence-electron chi connectivity index (χ4n) is 3.20. The van der Waals surface area contributed by atoms with Gasteiger partial charge < -0.3 is 9.74 Å². The van der Waals surface area contributed by atoms with Gasteiger partial charge in [0.05, 0.1) is 11.3 Å². The second kappa shape index (κ2) is 6.52. The van der Waals surface area contributed by atoms with E-state index in [4.69, 9.17) is 4.84 Å². The van der Waals surface area contributed by atoms with Crippen molar-refractivity contribution in [2.75, 3.05) is 37.6 Å². The van der Waals surface area contributed by atoms with E-state index in [-0.39, 0.29) is 6.10 Å². The van der Waals surface area contributed by atoms with Crippen molar-refractivity contribution in [3.8, 4) is 11.4 Å². The molecule has 4 rings (SSSR count). The fourth-order valence-corrected chi connectivity index (χ4v) is 3.20. The molecule has 126 valence electrons. The van der Waals surface area contributed by atoms with Crippen LogP contribution in [0, 0.1) is 0 Å². The molecule has 0 spiro atoms. The van der Waals surface area contributed by atoms with Crippen molar-refractivity contribution < 1.29 is 4.84 Å². The van der Waals surface area contributed by atoms with Crippen LogP contribution in [0.3, 0.4) is 0 Å². The lowest BCUT2D eigenvalue weighted by atomic mass is 10.1. The molecule has 2 aliphatic rings. The van der Waals surface area contributed by atoms with Crippen molar-refractivity contribution in [1.29, 1.82) is 0 Å². The summed E-state index contributed by atoms with van der Waals surface area (Å²) in [6.07, 6.45) is 2.93. The lowest BCUT2D eigenvalue weighted by molar-refractivity contribution is 0.0510. The molecule has 0 bridgehead atoms. The Morgan fingerprint density at radius 3 is 2.88 bits per heavy atom. The molecule has 9 nitrogen and oxygen atoms in total. The molecule has 0 aromatic carbocycles. The highest BCUT2D eigenvalue weighted by atomic mass is 16.6. The van der Waals surface area contributed by atoms with Crippen LogP contribution in [-0.4, -0.2) is 75.0 Å². The second-order valence-electron chi connectivity index (χ2n) is 6.16. The number of hydrogen-bond acceptors (Lipinski definition) is 8. The molecule has 0 saturated carbocycles. The summed E-state index contributed by atoms with van der Waals surface area (Å²) < 4.78 is 0. The third kappa shape index (κ3) is 3.07. The van der Waals surface area contributed by atoms with Gasteiger partial charge in [-0.05, 0) is 24.3 Å². The normalized spacial score (nSPS) is 21.6. The number of aromatic amines is 1. The van der Waals surface area contributed by atoms with Crippen LogP contribution in [0.15, 0.2) is 23.5 Å². The van der Waals surface area contributed by atoms with E-state index in [2.05, 4.69) is 40.6 Å². The minimum absolute atomic E-state index is 0.196. The predicted octanol–water partition coefficient (Wildman–Crippen LogP) is 0.548. The van der Waals surface area contributed by atoms with E-state index in [9.17, 15) is 0 Å². The summed E-state index contributed by atoms with van der Waals surface area (Å²) in [5.41, 5.74) is 1.99. The van der Waals surface area contributed by atoms with Gasteiger partial charge in [-0.2, -0.15) is 5.21 Å². The van der Waals surface area contributed by atoms with Crippen LogP contribution in [0.5, 0.6) is 0 Å². The number of hydrogen-bond donors (Lipinski definition) is 1. The van der Waals surface area contributed by atoms with Crippen molar-refractivity contribution >= 4 is 11.5 Å². The molecule has 2 aromatic heterocycles. The Bertz CT molecular complexity index is 708. The largest absolute Gasteiger partial charge is 0.391 e. The van der Waals surface area contributed by atoms with Gasteiger partial charge in [-0.1, -0.05) is 5.16 Å². The predicted molar refractivity (Wildman–Crippen MR) is 88.7 cm³/mol. The molecule has 1 saturated heterocycles. The molecule has 1 unspecified atom stereocenters. The van der Waals surface area contributed by atoms with Crippen molar-refractivity contribution in [2.45, 2.75) is 19.4 Å². The third-order valence-electron chi connectivity index (χ3n) is 4.39. The Labute approximate surface area is 139 Å². The minimum Gasteiger partial charge on any atom is -0.391 e. The Hall–Kier alpha value is -2.55. The molecule has 4 heterocycles. The molecular weight excluding hydrogens is 308 g/mol. The van der Waals surface area contributed by atoms with Crippen molar-refractivity contribution in [2.24, 2.45) is 5.16 Å². The van der Waals surface area contributed by atoms with Crippen molar-refractivity contribution in [3.05, 3.63) is 18.3 Å². The zero-order valence-corrected chi connectivity index (χ0v) is 13.6. The quantitative estimate of drug-likeness (QED) is 0.875. The molecule has 2 aliphatic heterocycles. The first-order valence-corrected chi connectivity index (χ1v) is 8.15. The Morgan fingerprint density at radius 2 is 2.17 bits per heavy atom. The van der Waals surface area contributed by atoms with Crippen LogP contribution in [-0.2, 0) is 4.84 Å². The molecule has 1 fully saturated rings. The highest BCUT2D eigenvalue weighted by Gasteiger charge is 2.26. The number of rotatable bonds is 4. The second-order valence-corrected chi connectivity index (χ2v) is 6.16. The van der Waals surface area contributed by atoms with Gasteiger partial charge in [-0.3, -0.25) is 4.90 Å². The minimum atomic E-state index is 0.196. The van der Waals surface area contributed by atoms with Gasteiger partial charge in [0.15, 0.2) is 0 Å². The zero-order valence-electron chi connectivity index (χ0n) is 13.6.